The average Bonchev–Trinajstić information content (AvgIpc) is 3.81. The van der Waals surface area contributed by atoms with Crippen LogP contribution in [0.5, 0.6) is 11.5 Å². The van der Waals surface area contributed by atoms with Gasteiger partial charge in [-0.15, -0.1) is 0 Å². The first kappa shape index (κ1) is 33.5. The molecule has 0 saturated carbocycles. The van der Waals surface area contributed by atoms with Gasteiger partial charge in [-0.05, 0) is 48.5 Å². The molecule has 8 aromatic rings. The van der Waals surface area contributed by atoms with Gasteiger partial charge in [-0.3, -0.25) is 28.9 Å². The Kier molecular flexibility index (Phi) is 8.76. The number of rotatable bonds is 10. The molecule has 8 rings (SSSR count). The van der Waals surface area contributed by atoms with Crippen LogP contribution in [0.2, 0.25) is 0 Å². The quantitative estimate of drug-likeness (QED) is 0.206. The van der Waals surface area contributed by atoms with E-state index in [4.69, 9.17) is 9.47 Å². The van der Waals surface area contributed by atoms with Crippen LogP contribution in [0.3, 0.4) is 0 Å². The van der Waals surface area contributed by atoms with Crippen molar-refractivity contribution >= 4 is 39.2 Å². The number of pyridine rings is 2. The van der Waals surface area contributed by atoms with Crippen LogP contribution in [0.25, 0.3) is 33.2 Å². The van der Waals surface area contributed by atoms with Gasteiger partial charge in [0.05, 0.1) is 59.6 Å². The Hall–Kier alpha value is -7.69. The van der Waals surface area contributed by atoms with Crippen molar-refractivity contribution < 1.29 is 14.3 Å². The van der Waals surface area contributed by atoms with E-state index in [-0.39, 0.29) is 35.5 Å². The molecule has 0 atom stereocenters. The number of anilines is 2. The Morgan fingerprint density at radius 3 is 1.52 bits per heavy atom. The number of benzene rings is 2. The lowest BCUT2D eigenvalue weighted by Gasteiger charge is -2.11. The minimum absolute atomic E-state index is 0.0508. The normalized spacial score (nSPS) is 11.1. The summed E-state index contributed by atoms with van der Waals surface area (Å²) in [6.45, 7) is -0.102. The Bertz CT molecular complexity index is 2620. The number of amides is 2. The molecule has 0 unspecified atom stereocenters. The van der Waals surface area contributed by atoms with Crippen LogP contribution < -0.4 is 31.0 Å². The zero-order valence-electron chi connectivity index (χ0n) is 28.8. The third-order valence-electron chi connectivity index (χ3n) is 8.24. The molecule has 0 spiro atoms. The van der Waals surface area contributed by atoms with Crippen molar-refractivity contribution in [3.05, 3.63) is 142 Å². The van der Waals surface area contributed by atoms with E-state index in [2.05, 4.69) is 41.0 Å². The summed E-state index contributed by atoms with van der Waals surface area (Å²) >= 11 is 0. The molecule has 0 aliphatic carbocycles. The lowest BCUT2D eigenvalue weighted by molar-refractivity contribution is 0.262. The second-order valence-electron chi connectivity index (χ2n) is 12.2. The minimum Gasteiger partial charge on any atom is -0.487 e. The Labute approximate surface area is 305 Å². The minimum atomic E-state index is -0.503. The van der Waals surface area contributed by atoms with Crippen LogP contribution in [0.1, 0.15) is 11.4 Å². The van der Waals surface area contributed by atoms with Crippen molar-refractivity contribution in [1.82, 2.24) is 49.1 Å². The molecular weight excluding hydrogens is 692 g/mol. The summed E-state index contributed by atoms with van der Waals surface area (Å²) in [5, 5.41) is 24.1. The maximum absolute atomic E-state index is 13.0. The van der Waals surface area contributed by atoms with Crippen LogP contribution in [0.4, 0.5) is 16.2 Å². The summed E-state index contributed by atoms with van der Waals surface area (Å²) in [5.41, 5.74) is 3.65. The van der Waals surface area contributed by atoms with E-state index in [0.29, 0.717) is 56.1 Å². The molecule has 2 N–H and O–H groups in total. The van der Waals surface area contributed by atoms with E-state index < -0.39 is 6.03 Å². The molecule has 0 fully saturated rings. The summed E-state index contributed by atoms with van der Waals surface area (Å²) in [5.74, 6) is 0.993. The average molecular weight is 723 g/mol. The highest BCUT2D eigenvalue weighted by Gasteiger charge is 2.11. The number of hydrogen-bond donors (Lipinski definition) is 2. The number of urea groups is 1. The van der Waals surface area contributed by atoms with Gasteiger partial charge < -0.3 is 20.1 Å². The van der Waals surface area contributed by atoms with E-state index in [1.54, 1.807) is 131 Å². The third kappa shape index (κ3) is 7.35. The van der Waals surface area contributed by atoms with Crippen LogP contribution in [0.15, 0.2) is 120 Å². The predicted octanol–water partition coefficient (Wildman–Crippen LogP) is 4.14. The van der Waals surface area contributed by atoms with Gasteiger partial charge in [-0.2, -0.15) is 20.4 Å². The number of nitrogens with zero attached hydrogens (tertiary/aromatic N) is 10. The largest absolute Gasteiger partial charge is 0.487 e. The fourth-order valence-electron chi connectivity index (χ4n) is 5.57. The standard InChI is InChI=1S/C37H30N12O5/c1-46-19-27(17-40-46)48-9-7-35(50)33(44-48)21-53-29-3-5-31-23(13-29)11-25(15-38-31)42-37(52)43-26-12-24-14-30(4-6-32(24)39-16-26)54-22-34-36(51)8-10-49(45-34)28-18-41-47(2)20-28/h3-20H,21-22H2,1-2H3,(H2,42,43,52). The molecule has 0 aliphatic heterocycles. The number of ether oxygens (including phenoxy) is 2. The van der Waals surface area contributed by atoms with Gasteiger partial charge >= 0.3 is 6.03 Å². The number of fused-ring (bicyclic) bond motifs is 2. The predicted molar refractivity (Wildman–Crippen MR) is 198 cm³/mol. The first-order valence-electron chi connectivity index (χ1n) is 16.5. The molecule has 17 nitrogen and oxygen atoms in total. The Morgan fingerprint density at radius 1 is 0.630 bits per heavy atom. The summed E-state index contributed by atoms with van der Waals surface area (Å²) in [6, 6.07) is 16.5. The second kappa shape index (κ2) is 14.1. The zero-order valence-corrected chi connectivity index (χ0v) is 28.8. The molecule has 6 heterocycles. The second-order valence-corrected chi connectivity index (χ2v) is 12.2. The fourth-order valence-corrected chi connectivity index (χ4v) is 5.57. The van der Waals surface area contributed by atoms with E-state index >= 15 is 0 Å². The highest BCUT2D eigenvalue weighted by molar-refractivity contribution is 6.01. The SMILES string of the molecule is Cn1cc(-n2ccc(=O)c(COc3ccc4ncc(NC(=O)Nc5cnc6ccc(OCc7nn(-c8cnn(C)c8)ccc7=O)cc6c5)cc4c3)n2)cn1. The lowest BCUT2D eigenvalue weighted by Crippen LogP contribution is -2.19. The monoisotopic (exact) mass is 722 g/mol. The third-order valence-corrected chi connectivity index (χ3v) is 8.24. The van der Waals surface area contributed by atoms with Crippen LogP contribution in [-0.2, 0) is 27.3 Å². The highest BCUT2D eigenvalue weighted by atomic mass is 16.5. The highest BCUT2D eigenvalue weighted by Crippen LogP contribution is 2.25. The van der Waals surface area contributed by atoms with Crippen LogP contribution >= 0.6 is 0 Å². The molecule has 54 heavy (non-hydrogen) atoms. The van der Waals surface area contributed by atoms with Crippen molar-refractivity contribution in [2.75, 3.05) is 10.6 Å². The summed E-state index contributed by atoms with van der Waals surface area (Å²) < 4.78 is 18.3. The molecular formula is C37H30N12O5. The topological polar surface area (TPSA) is 191 Å². The number of carbonyl (C=O) groups is 1. The maximum Gasteiger partial charge on any atom is 0.323 e. The van der Waals surface area contributed by atoms with Crippen molar-refractivity contribution in [1.29, 1.82) is 0 Å². The van der Waals surface area contributed by atoms with Crippen LogP contribution in [-0.4, -0.2) is 55.1 Å². The molecule has 268 valence electrons. The molecule has 17 heteroatoms. The first-order chi connectivity index (χ1) is 26.2. The Morgan fingerprint density at radius 2 is 1.09 bits per heavy atom. The molecule has 0 bridgehead atoms. The zero-order chi connectivity index (χ0) is 37.2. The lowest BCUT2D eigenvalue weighted by atomic mass is 10.2. The van der Waals surface area contributed by atoms with Gasteiger partial charge in [0.15, 0.2) is 0 Å². The van der Waals surface area contributed by atoms with Gasteiger partial charge in [0.2, 0.25) is 10.9 Å². The van der Waals surface area contributed by atoms with Crippen molar-refractivity contribution in [3.63, 3.8) is 0 Å². The smallest absolute Gasteiger partial charge is 0.323 e. The van der Waals surface area contributed by atoms with Gasteiger partial charge in [0.1, 0.15) is 47.5 Å². The number of hydrogen-bond acceptors (Lipinski definition) is 11. The molecule has 0 radical (unpaired) electrons. The first-order valence-corrected chi connectivity index (χ1v) is 16.5. The summed E-state index contributed by atoms with van der Waals surface area (Å²) in [4.78, 5) is 46.9. The number of carbonyl (C=O) groups excluding carboxylic acids is 1. The molecule has 0 saturated heterocycles. The number of aromatic nitrogens is 10. The maximum atomic E-state index is 13.0. The number of aryl methyl sites for hydroxylation is 2. The van der Waals surface area contributed by atoms with Gasteiger partial charge in [0.25, 0.3) is 0 Å². The van der Waals surface area contributed by atoms with E-state index in [1.165, 1.54) is 12.1 Å². The van der Waals surface area contributed by atoms with Crippen molar-refractivity contribution in [2.24, 2.45) is 14.1 Å². The molecule has 6 aromatic heterocycles. The molecule has 0 aliphatic rings. The number of nitrogens with one attached hydrogen (secondary N) is 2. The van der Waals surface area contributed by atoms with Crippen LogP contribution in [0, 0.1) is 0 Å². The fraction of sp³-hybridized carbons (Fsp3) is 0.108. The Balaban J connectivity index is 0.911. The van der Waals surface area contributed by atoms with Crippen molar-refractivity contribution in [2.45, 2.75) is 13.2 Å². The van der Waals surface area contributed by atoms with Gasteiger partial charge in [-0.25, -0.2) is 14.2 Å². The molecule has 2 aromatic carbocycles. The summed E-state index contributed by atoms with van der Waals surface area (Å²) in [7, 11) is 3.59. The van der Waals surface area contributed by atoms with Gasteiger partial charge in [0, 0.05) is 49.4 Å². The van der Waals surface area contributed by atoms with E-state index in [9.17, 15) is 14.4 Å². The summed E-state index contributed by atoms with van der Waals surface area (Å²) in [6.07, 6.45) is 13.1. The van der Waals surface area contributed by atoms with Crippen molar-refractivity contribution in [3.8, 4) is 22.9 Å². The molecule has 2 amide bonds. The van der Waals surface area contributed by atoms with E-state index in [1.807, 2.05) is 0 Å². The van der Waals surface area contributed by atoms with E-state index in [0.717, 1.165) is 0 Å². The van der Waals surface area contributed by atoms with Gasteiger partial charge in [-0.1, -0.05) is 0 Å².